The van der Waals surface area contributed by atoms with Crippen LogP contribution in [0.5, 0.6) is 0 Å². The first kappa shape index (κ1) is 14.5. The van der Waals surface area contributed by atoms with Gasteiger partial charge in [-0.3, -0.25) is 4.90 Å². The molecule has 1 heterocycles. The van der Waals surface area contributed by atoms with Crippen LogP contribution in [-0.2, 0) is 0 Å². The predicted molar refractivity (Wildman–Crippen MR) is 69.1 cm³/mol. The van der Waals surface area contributed by atoms with Gasteiger partial charge < -0.3 is 4.90 Å². The lowest BCUT2D eigenvalue weighted by molar-refractivity contribution is 0.239. The van der Waals surface area contributed by atoms with E-state index in [0.717, 1.165) is 18.3 Å². The van der Waals surface area contributed by atoms with Crippen molar-refractivity contribution in [3.63, 3.8) is 0 Å². The smallest absolute Gasteiger partial charge is 0.0299 e. The van der Waals surface area contributed by atoms with Crippen molar-refractivity contribution in [3.05, 3.63) is 12.3 Å². The van der Waals surface area contributed by atoms with Gasteiger partial charge in [0, 0.05) is 31.9 Å². The lowest BCUT2D eigenvalue weighted by Crippen LogP contribution is -2.34. The van der Waals surface area contributed by atoms with Crippen molar-refractivity contribution >= 4 is 0 Å². The lowest BCUT2D eigenvalue weighted by atomic mass is 10.2. The highest BCUT2D eigenvalue weighted by molar-refractivity contribution is 4.87. The fourth-order valence-electron chi connectivity index (χ4n) is 1.79. The fourth-order valence-corrected chi connectivity index (χ4v) is 1.79. The molecule has 2 heteroatoms. The molecule has 0 bridgehead atoms. The largest absolute Gasteiger partial charge is 0.377 e. The zero-order valence-corrected chi connectivity index (χ0v) is 11.2. The van der Waals surface area contributed by atoms with E-state index in [1.54, 1.807) is 0 Å². The van der Waals surface area contributed by atoms with Crippen LogP contribution in [0.2, 0.25) is 0 Å². The third kappa shape index (κ3) is 5.22. The van der Waals surface area contributed by atoms with Crippen molar-refractivity contribution in [3.8, 4) is 0 Å². The molecule has 1 aliphatic heterocycles. The molecule has 1 unspecified atom stereocenters. The molecule has 0 aromatic heterocycles. The molecule has 0 N–H and O–H groups in total. The summed E-state index contributed by atoms with van der Waals surface area (Å²) in [5.74, 6) is 0. The van der Waals surface area contributed by atoms with Crippen molar-refractivity contribution < 1.29 is 0 Å². The first-order valence-electron chi connectivity index (χ1n) is 6.22. The summed E-state index contributed by atoms with van der Waals surface area (Å²) in [6, 6.07) is 0.790. The highest BCUT2D eigenvalue weighted by Gasteiger charge is 2.19. The van der Waals surface area contributed by atoms with Crippen LogP contribution in [0.25, 0.3) is 0 Å². The zero-order valence-electron chi connectivity index (χ0n) is 11.2. The fraction of sp³-hybridized carbons (Fsp3) is 0.846. The van der Waals surface area contributed by atoms with Crippen LogP contribution in [0.15, 0.2) is 12.3 Å². The number of hydrogen-bond donors (Lipinski definition) is 0. The maximum Gasteiger partial charge on any atom is 0.0299 e. The second-order valence-electron chi connectivity index (χ2n) is 4.18. The minimum absolute atomic E-state index is 0.790. The van der Waals surface area contributed by atoms with Gasteiger partial charge in [-0.15, -0.1) is 0 Å². The number of likely N-dealkylation sites (N-methyl/N-ethyl adjacent to an activating group) is 1. The molecule has 0 spiro atoms. The predicted octanol–water partition coefficient (Wildman–Crippen LogP) is 2.96. The van der Waals surface area contributed by atoms with Crippen LogP contribution in [0, 0.1) is 0 Å². The Labute approximate surface area is 95.9 Å². The maximum absolute atomic E-state index is 3.93. The van der Waals surface area contributed by atoms with Crippen LogP contribution < -0.4 is 0 Å². The molecule has 0 amide bonds. The third-order valence-corrected chi connectivity index (χ3v) is 3.06. The van der Waals surface area contributed by atoms with E-state index in [4.69, 9.17) is 0 Å². The van der Waals surface area contributed by atoms with E-state index < -0.39 is 0 Å². The van der Waals surface area contributed by atoms with E-state index >= 15 is 0 Å². The summed E-state index contributed by atoms with van der Waals surface area (Å²) in [7, 11) is 2.11. The molecule has 2 nitrogen and oxygen atoms in total. The van der Waals surface area contributed by atoms with E-state index in [1.807, 2.05) is 13.8 Å². The van der Waals surface area contributed by atoms with Crippen LogP contribution in [-0.4, -0.2) is 42.5 Å². The van der Waals surface area contributed by atoms with E-state index in [9.17, 15) is 0 Å². The second-order valence-corrected chi connectivity index (χ2v) is 4.18. The number of likely N-dealkylation sites (tertiary alicyclic amines) is 1. The van der Waals surface area contributed by atoms with Gasteiger partial charge in [0.25, 0.3) is 0 Å². The number of rotatable bonds is 4. The molecule has 0 aromatic carbocycles. The number of nitrogens with zero attached hydrogens (tertiary/aromatic N) is 2. The van der Waals surface area contributed by atoms with Gasteiger partial charge >= 0.3 is 0 Å². The second kappa shape index (κ2) is 7.75. The minimum atomic E-state index is 0.790. The summed E-state index contributed by atoms with van der Waals surface area (Å²) in [6.07, 6.45) is 2.74. The average molecular weight is 212 g/mol. The third-order valence-electron chi connectivity index (χ3n) is 3.06. The molecule has 0 saturated carbocycles. The average Bonchev–Trinajstić information content (AvgIpc) is 2.63. The van der Waals surface area contributed by atoms with Crippen LogP contribution in [0.4, 0.5) is 0 Å². The van der Waals surface area contributed by atoms with Gasteiger partial charge in [-0.1, -0.05) is 20.4 Å². The maximum atomic E-state index is 3.93. The van der Waals surface area contributed by atoms with Gasteiger partial charge in [-0.25, -0.2) is 0 Å². The SMILES string of the molecule is C=C(C)N(C)CCN1CCCC1C.CC. The Balaban J connectivity index is 0.000000921. The van der Waals surface area contributed by atoms with Gasteiger partial charge in [0.1, 0.15) is 0 Å². The Hall–Kier alpha value is -0.500. The lowest BCUT2D eigenvalue weighted by Gasteiger charge is -2.25. The van der Waals surface area contributed by atoms with Crippen molar-refractivity contribution in [1.82, 2.24) is 9.80 Å². The summed E-state index contributed by atoms with van der Waals surface area (Å²) in [6.45, 7) is 15.9. The van der Waals surface area contributed by atoms with Crippen molar-refractivity contribution in [2.75, 3.05) is 26.7 Å². The Morgan fingerprint density at radius 3 is 2.47 bits per heavy atom. The van der Waals surface area contributed by atoms with Crippen LogP contribution in [0.3, 0.4) is 0 Å². The number of allylic oxidation sites excluding steroid dienone is 1. The summed E-state index contributed by atoms with van der Waals surface area (Å²) < 4.78 is 0. The molecule has 1 atom stereocenters. The Kier molecular flexibility index (Phi) is 7.49. The van der Waals surface area contributed by atoms with Gasteiger partial charge in [-0.05, 0) is 33.2 Å². The molecule has 1 aliphatic rings. The molecule has 1 rings (SSSR count). The van der Waals surface area contributed by atoms with Crippen LogP contribution >= 0.6 is 0 Å². The van der Waals surface area contributed by atoms with E-state index in [1.165, 1.54) is 25.9 Å². The molecule has 0 radical (unpaired) electrons. The molecule has 0 aliphatic carbocycles. The topological polar surface area (TPSA) is 6.48 Å². The highest BCUT2D eigenvalue weighted by Crippen LogP contribution is 2.15. The van der Waals surface area contributed by atoms with Gasteiger partial charge in [0.2, 0.25) is 0 Å². The Morgan fingerprint density at radius 2 is 2.07 bits per heavy atom. The van der Waals surface area contributed by atoms with Crippen molar-refractivity contribution in [1.29, 1.82) is 0 Å². The summed E-state index contributed by atoms with van der Waals surface area (Å²) in [5, 5.41) is 0. The van der Waals surface area contributed by atoms with Gasteiger partial charge in [0.05, 0.1) is 0 Å². The van der Waals surface area contributed by atoms with Crippen molar-refractivity contribution in [2.45, 2.75) is 46.6 Å². The number of hydrogen-bond acceptors (Lipinski definition) is 2. The van der Waals surface area contributed by atoms with Crippen LogP contribution in [0.1, 0.15) is 40.5 Å². The minimum Gasteiger partial charge on any atom is -0.377 e. The molecule has 90 valence electrons. The molecule has 1 saturated heterocycles. The summed E-state index contributed by atoms with van der Waals surface area (Å²) in [5.41, 5.74) is 1.16. The Bertz CT molecular complexity index is 177. The zero-order chi connectivity index (χ0) is 11.8. The first-order valence-corrected chi connectivity index (χ1v) is 6.22. The Morgan fingerprint density at radius 1 is 1.47 bits per heavy atom. The summed E-state index contributed by atoms with van der Waals surface area (Å²) in [4.78, 5) is 4.80. The highest BCUT2D eigenvalue weighted by atomic mass is 15.2. The molecule has 0 aromatic rings. The van der Waals surface area contributed by atoms with Gasteiger partial charge in [-0.2, -0.15) is 0 Å². The normalized spacial score (nSPS) is 20.7. The van der Waals surface area contributed by atoms with E-state index in [-0.39, 0.29) is 0 Å². The van der Waals surface area contributed by atoms with E-state index in [2.05, 4.69) is 37.3 Å². The van der Waals surface area contributed by atoms with Crippen molar-refractivity contribution in [2.24, 2.45) is 0 Å². The molecular weight excluding hydrogens is 184 g/mol. The monoisotopic (exact) mass is 212 g/mol. The van der Waals surface area contributed by atoms with E-state index in [0.29, 0.717) is 0 Å². The van der Waals surface area contributed by atoms with Gasteiger partial charge in [0.15, 0.2) is 0 Å². The molecular formula is C13H28N2. The molecule has 1 fully saturated rings. The quantitative estimate of drug-likeness (QED) is 0.707. The standard InChI is InChI=1S/C11H22N2.C2H6/c1-10(2)12(4)8-9-13-7-5-6-11(13)3;1-2/h11H,1,5-9H2,2-4H3;1-2H3. The molecule has 15 heavy (non-hydrogen) atoms. The first-order chi connectivity index (χ1) is 7.11. The summed E-state index contributed by atoms with van der Waals surface area (Å²) >= 11 is 0.